The number of hydrogen-bond donors (Lipinski definition) is 1. The quantitative estimate of drug-likeness (QED) is 0.725. The van der Waals surface area contributed by atoms with Gasteiger partial charge in [-0.05, 0) is 80.6 Å². The monoisotopic (exact) mass is 463 g/mol. The second-order valence-electron chi connectivity index (χ2n) is 9.91. The Bertz CT molecular complexity index is 971. The normalized spacial score (nSPS) is 21.5. The number of carbonyl (C=O) groups is 1. The Hall–Kier alpha value is -2.57. The van der Waals surface area contributed by atoms with Crippen LogP contribution >= 0.6 is 0 Å². The van der Waals surface area contributed by atoms with Crippen LogP contribution in [0.25, 0.3) is 0 Å². The summed E-state index contributed by atoms with van der Waals surface area (Å²) in [6.45, 7) is 5.91. The van der Waals surface area contributed by atoms with Gasteiger partial charge in [0.1, 0.15) is 12.4 Å². The first-order valence-corrected chi connectivity index (χ1v) is 12.9. The summed E-state index contributed by atoms with van der Waals surface area (Å²) >= 11 is 0. The van der Waals surface area contributed by atoms with Crippen LogP contribution in [-0.4, -0.2) is 66.2 Å². The molecule has 2 aromatic rings. The maximum Gasteiger partial charge on any atom is 0.254 e. The van der Waals surface area contributed by atoms with Crippen molar-refractivity contribution in [2.24, 2.45) is 0 Å². The van der Waals surface area contributed by atoms with Crippen molar-refractivity contribution in [2.45, 2.75) is 57.7 Å². The van der Waals surface area contributed by atoms with E-state index >= 15 is 0 Å². The number of carbonyl (C=O) groups excluding carboxylic acids is 1. The van der Waals surface area contributed by atoms with Crippen LogP contribution in [0.3, 0.4) is 0 Å². The van der Waals surface area contributed by atoms with E-state index in [1.165, 1.54) is 43.4 Å². The van der Waals surface area contributed by atoms with Gasteiger partial charge < -0.3 is 19.6 Å². The highest BCUT2D eigenvalue weighted by Crippen LogP contribution is 2.28. The molecule has 182 valence electrons. The van der Waals surface area contributed by atoms with Gasteiger partial charge in [0.15, 0.2) is 0 Å². The van der Waals surface area contributed by atoms with E-state index in [-0.39, 0.29) is 18.6 Å². The molecule has 0 bridgehead atoms. The van der Waals surface area contributed by atoms with Crippen molar-refractivity contribution >= 4 is 11.6 Å². The van der Waals surface area contributed by atoms with Crippen LogP contribution in [0.1, 0.15) is 60.0 Å². The Morgan fingerprint density at radius 3 is 2.53 bits per heavy atom. The third kappa shape index (κ3) is 5.23. The molecule has 1 N–H and O–H groups in total. The molecule has 3 aliphatic heterocycles. The van der Waals surface area contributed by atoms with Gasteiger partial charge in [-0.25, -0.2) is 0 Å². The molecule has 1 amide bonds. The molecule has 0 radical (unpaired) electrons. The fourth-order valence-corrected chi connectivity index (χ4v) is 5.58. The maximum absolute atomic E-state index is 13.4. The topological polar surface area (TPSA) is 56.2 Å². The van der Waals surface area contributed by atoms with E-state index in [4.69, 9.17) is 4.74 Å². The van der Waals surface area contributed by atoms with Crippen molar-refractivity contribution in [3.05, 3.63) is 59.2 Å². The van der Waals surface area contributed by atoms with E-state index in [0.717, 1.165) is 49.5 Å². The lowest BCUT2D eigenvalue weighted by atomic mass is 10.0. The fraction of sp³-hybridized carbons (Fsp3) is 0.536. The molecule has 3 heterocycles. The summed E-state index contributed by atoms with van der Waals surface area (Å²) in [4.78, 5) is 20.1. The highest BCUT2D eigenvalue weighted by Gasteiger charge is 2.24. The summed E-state index contributed by atoms with van der Waals surface area (Å²) in [6.07, 6.45) is 7.23. The van der Waals surface area contributed by atoms with Crippen molar-refractivity contribution < 1.29 is 14.6 Å². The molecule has 2 fully saturated rings. The van der Waals surface area contributed by atoms with Crippen molar-refractivity contribution in [1.29, 1.82) is 0 Å². The number of nitrogens with zero attached hydrogens (tertiary/aromatic N) is 3. The van der Waals surface area contributed by atoms with Gasteiger partial charge in [-0.15, -0.1) is 0 Å². The van der Waals surface area contributed by atoms with E-state index < -0.39 is 0 Å². The number of fused-ring (bicyclic) bond motifs is 1. The first-order valence-electron chi connectivity index (χ1n) is 12.9. The van der Waals surface area contributed by atoms with Gasteiger partial charge >= 0.3 is 0 Å². The highest BCUT2D eigenvalue weighted by molar-refractivity contribution is 5.94. The Kier molecular flexibility index (Phi) is 7.36. The third-order valence-corrected chi connectivity index (χ3v) is 7.57. The number of amides is 1. The Morgan fingerprint density at radius 1 is 0.941 bits per heavy atom. The SMILES string of the molecule is O=C(c1ccc(N2CCCCC2)cc1)N1CCOc2ccc(CN3CCCCC3CO)cc2C1. The van der Waals surface area contributed by atoms with Gasteiger partial charge in [-0.3, -0.25) is 9.69 Å². The average Bonchev–Trinajstić information content (AvgIpc) is 3.11. The van der Waals surface area contributed by atoms with E-state index in [9.17, 15) is 9.90 Å². The molecule has 1 unspecified atom stereocenters. The first kappa shape index (κ1) is 23.2. The number of aliphatic hydroxyl groups is 1. The smallest absolute Gasteiger partial charge is 0.254 e. The van der Waals surface area contributed by atoms with Crippen LogP contribution in [0.15, 0.2) is 42.5 Å². The lowest BCUT2D eigenvalue weighted by Crippen LogP contribution is -2.41. The minimum absolute atomic E-state index is 0.0587. The number of hydrogen-bond acceptors (Lipinski definition) is 5. The summed E-state index contributed by atoms with van der Waals surface area (Å²) in [6, 6.07) is 14.7. The molecule has 2 saturated heterocycles. The van der Waals surface area contributed by atoms with Crippen molar-refractivity contribution in [2.75, 3.05) is 44.3 Å². The van der Waals surface area contributed by atoms with Crippen LogP contribution in [0.5, 0.6) is 5.75 Å². The maximum atomic E-state index is 13.4. The van der Waals surface area contributed by atoms with Gasteiger partial charge in [0.05, 0.1) is 13.2 Å². The lowest BCUT2D eigenvalue weighted by Gasteiger charge is -2.34. The summed E-state index contributed by atoms with van der Waals surface area (Å²) in [5.74, 6) is 0.931. The molecule has 0 aromatic heterocycles. The summed E-state index contributed by atoms with van der Waals surface area (Å²) in [5, 5.41) is 9.76. The zero-order valence-corrected chi connectivity index (χ0v) is 20.1. The van der Waals surface area contributed by atoms with Crippen molar-refractivity contribution in [3.8, 4) is 5.75 Å². The largest absolute Gasteiger partial charge is 0.491 e. The molecule has 0 aliphatic carbocycles. The van der Waals surface area contributed by atoms with Gasteiger partial charge in [-0.1, -0.05) is 12.5 Å². The van der Waals surface area contributed by atoms with Crippen LogP contribution < -0.4 is 9.64 Å². The second-order valence-corrected chi connectivity index (χ2v) is 9.91. The molecule has 2 aromatic carbocycles. The van der Waals surface area contributed by atoms with E-state index in [2.05, 4.69) is 34.1 Å². The summed E-state index contributed by atoms with van der Waals surface area (Å²) < 4.78 is 6.00. The number of likely N-dealkylation sites (tertiary alicyclic amines) is 1. The fourth-order valence-electron chi connectivity index (χ4n) is 5.58. The zero-order chi connectivity index (χ0) is 23.3. The Balaban J connectivity index is 1.28. The minimum Gasteiger partial charge on any atom is -0.491 e. The van der Waals surface area contributed by atoms with E-state index in [1.54, 1.807) is 0 Å². The number of aliphatic hydroxyl groups excluding tert-OH is 1. The molecule has 6 heteroatoms. The van der Waals surface area contributed by atoms with Crippen molar-refractivity contribution in [3.63, 3.8) is 0 Å². The summed E-state index contributed by atoms with van der Waals surface area (Å²) in [7, 11) is 0. The number of benzene rings is 2. The number of piperidine rings is 2. The predicted molar refractivity (Wildman–Crippen MR) is 134 cm³/mol. The minimum atomic E-state index is 0.0587. The van der Waals surface area contributed by atoms with Crippen LogP contribution in [0.2, 0.25) is 0 Å². The predicted octanol–water partition coefficient (Wildman–Crippen LogP) is 4.06. The van der Waals surface area contributed by atoms with E-state index in [1.807, 2.05) is 23.1 Å². The first-order chi connectivity index (χ1) is 16.7. The number of anilines is 1. The van der Waals surface area contributed by atoms with E-state index in [0.29, 0.717) is 19.7 Å². The molecule has 5 rings (SSSR count). The molecule has 0 spiro atoms. The highest BCUT2D eigenvalue weighted by atomic mass is 16.5. The lowest BCUT2D eigenvalue weighted by molar-refractivity contribution is 0.0733. The van der Waals surface area contributed by atoms with Crippen LogP contribution in [0, 0.1) is 0 Å². The molecule has 6 nitrogen and oxygen atoms in total. The number of rotatable bonds is 5. The van der Waals surface area contributed by atoms with Crippen molar-refractivity contribution in [1.82, 2.24) is 9.80 Å². The molecule has 1 atom stereocenters. The molecule has 0 saturated carbocycles. The standard InChI is InChI=1S/C28H37N3O3/c32-21-26-6-2-5-15-30(26)19-22-7-12-27-24(18-22)20-31(16-17-34-27)28(33)23-8-10-25(11-9-23)29-13-3-1-4-14-29/h7-12,18,26,32H,1-6,13-17,19-21H2. The van der Waals surface area contributed by atoms with Gasteiger partial charge in [0, 0.05) is 49.0 Å². The molecule has 34 heavy (non-hydrogen) atoms. The Labute approximate surface area is 203 Å². The van der Waals surface area contributed by atoms with Gasteiger partial charge in [0.2, 0.25) is 0 Å². The van der Waals surface area contributed by atoms with Gasteiger partial charge in [-0.2, -0.15) is 0 Å². The zero-order valence-electron chi connectivity index (χ0n) is 20.1. The summed E-state index contributed by atoms with van der Waals surface area (Å²) in [5.41, 5.74) is 4.22. The second kappa shape index (κ2) is 10.8. The average molecular weight is 464 g/mol. The molecular weight excluding hydrogens is 426 g/mol. The Morgan fingerprint density at radius 2 is 1.74 bits per heavy atom. The molecular formula is C28H37N3O3. The van der Waals surface area contributed by atoms with Gasteiger partial charge in [0.25, 0.3) is 5.91 Å². The third-order valence-electron chi connectivity index (χ3n) is 7.57. The van der Waals surface area contributed by atoms with Crippen LogP contribution in [-0.2, 0) is 13.1 Å². The number of ether oxygens (including phenoxy) is 1. The van der Waals surface area contributed by atoms with Crippen LogP contribution in [0.4, 0.5) is 5.69 Å². The molecule has 3 aliphatic rings.